The van der Waals surface area contributed by atoms with E-state index in [9.17, 15) is 44.4 Å². The minimum Gasteiger partial charge on any atom is -0.507 e. The standard InChI is InChI=1S/C46H61N3O15/c1-11-60-45(58)49-18-16-48(17-19-49)33(51)22-61-32-21-30-40(55)35-34(32)36-42(28(7)39(35)54)64-46(9,43(36)56)62-20-15-31(59-10)25(4)41(63-29(8)50)27(6)38(53)26(5)37(52)23(2)13-12-14-24(3)44(57)47-30/h12-15,20-21,23,25-27,31,37-38,41,52-55H,11,16-19,22H2,1-10H3,(H,47,57)/b13-12+,20-15+,24-14-. The second-order valence-electron chi connectivity index (χ2n) is 16.8. The monoisotopic (exact) mass is 895 g/mol. The summed E-state index contributed by atoms with van der Waals surface area (Å²) in [5.74, 6) is -8.49. The largest absolute Gasteiger partial charge is 0.507 e. The van der Waals surface area contributed by atoms with E-state index in [0.717, 1.165) is 0 Å². The lowest BCUT2D eigenvalue weighted by Crippen LogP contribution is -2.51. The fourth-order valence-corrected chi connectivity index (χ4v) is 8.33. The molecule has 0 radical (unpaired) electrons. The van der Waals surface area contributed by atoms with Gasteiger partial charge in [0, 0.05) is 93.4 Å². The van der Waals surface area contributed by atoms with Gasteiger partial charge in [0.15, 0.2) is 12.4 Å². The fourth-order valence-electron chi connectivity index (χ4n) is 8.33. The molecule has 1 fully saturated rings. The number of benzene rings is 2. The van der Waals surface area contributed by atoms with Crippen LogP contribution in [0.25, 0.3) is 10.8 Å². The van der Waals surface area contributed by atoms with E-state index in [4.69, 9.17) is 28.4 Å². The molecule has 2 aromatic carbocycles. The van der Waals surface area contributed by atoms with Crippen LogP contribution < -0.4 is 14.8 Å². The van der Waals surface area contributed by atoms with E-state index < -0.39 is 102 Å². The number of nitrogens with one attached hydrogen (secondary N) is 1. The number of nitrogens with zero attached hydrogens (tertiary/aromatic N) is 2. The zero-order valence-corrected chi connectivity index (χ0v) is 38.0. The summed E-state index contributed by atoms with van der Waals surface area (Å²) in [6.07, 6.45) is 2.95. The fraction of sp³-hybridized carbons (Fsp3) is 0.543. The highest BCUT2D eigenvalue weighted by Crippen LogP contribution is 2.54. The van der Waals surface area contributed by atoms with Crippen molar-refractivity contribution in [1.82, 2.24) is 9.80 Å². The average molecular weight is 896 g/mol. The summed E-state index contributed by atoms with van der Waals surface area (Å²) in [5.41, 5.74) is -0.150. The quantitative estimate of drug-likeness (QED) is 0.195. The molecule has 9 unspecified atom stereocenters. The summed E-state index contributed by atoms with van der Waals surface area (Å²) in [5, 5.41) is 48.6. The molecule has 4 aliphatic heterocycles. The van der Waals surface area contributed by atoms with Crippen LogP contribution in [0.15, 0.2) is 42.2 Å². The molecule has 5 N–H and O–H groups in total. The highest BCUT2D eigenvalue weighted by molar-refractivity contribution is 6.21. The number of rotatable bonds is 6. The minimum absolute atomic E-state index is 0.0462. The second-order valence-corrected chi connectivity index (χ2v) is 16.8. The van der Waals surface area contributed by atoms with Crippen molar-refractivity contribution < 1.29 is 72.8 Å². The number of piperazine rings is 1. The lowest BCUT2D eigenvalue weighted by Gasteiger charge is -2.38. The summed E-state index contributed by atoms with van der Waals surface area (Å²) in [6.45, 7) is 14.6. The Kier molecular flexibility index (Phi) is 15.6. The van der Waals surface area contributed by atoms with Gasteiger partial charge in [-0.3, -0.25) is 19.2 Å². The van der Waals surface area contributed by atoms with E-state index in [1.165, 1.54) is 69.1 Å². The molecule has 18 nitrogen and oxygen atoms in total. The summed E-state index contributed by atoms with van der Waals surface area (Å²) >= 11 is 0. The smallest absolute Gasteiger partial charge is 0.409 e. The molecule has 9 atom stereocenters. The number of ketones is 1. The number of ether oxygens (including phenoxy) is 6. The first-order valence-corrected chi connectivity index (χ1v) is 21.3. The first-order valence-electron chi connectivity index (χ1n) is 21.3. The van der Waals surface area contributed by atoms with E-state index >= 15 is 0 Å². The number of phenolic OH excluding ortho intramolecular Hbond substituents is 2. The number of aliphatic hydroxyl groups is 2. The molecule has 4 aliphatic rings. The van der Waals surface area contributed by atoms with Crippen molar-refractivity contribution in [1.29, 1.82) is 0 Å². The first-order chi connectivity index (χ1) is 30.2. The Morgan fingerprint density at radius 3 is 2.20 bits per heavy atom. The number of amides is 3. The molecule has 18 heteroatoms. The third kappa shape index (κ3) is 10.1. The maximum Gasteiger partial charge on any atom is 0.409 e. The maximum absolute atomic E-state index is 14.6. The molecule has 0 aromatic heterocycles. The second kappa shape index (κ2) is 20.3. The maximum atomic E-state index is 14.6. The molecule has 0 aliphatic carbocycles. The van der Waals surface area contributed by atoms with Gasteiger partial charge < -0.3 is 64.0 Å². The van der Waals surface area contributed by atoms with Crippen LogP contribution in [-0.4, -0.2) is 137 Å². The van der Waals surface area contributed by atoms with Crippen LogP contribution in [0.3, 0.4) is 0 Å². The Bertz CT molecular complexity index is 2210. The van der Waals surface area contributed by atoms with Crippen LogP contribution in [0.5, 0.6) is 23.0 Å². The lowest BCUT2D eigenvalue weighted by molar-refractivity contribution is -0.160. The zero-order valence-electron chi connectivity index (χ0n) is 38.0. The van der Waals surface area contributed by atoms with E-state index in [1.54, 1.807) is 46.8 Å². The van der Waals surface area contributed by atoms with Gasteiger partial charge in [0.25, 0.3) is 17.6 Å². The number of aromatic hydroxyl groups is 2. The van der Waals surface area contributed by atoms with E-state index in [0.29, 0.717) is 0 Å². The number of allylic oxidation sites excluding steroid dienone is 2. The lowest BCUT2D eigenvalue weighted by atomic mass is 9.78. The molecule has 0 spiro atoms. The number of carbonyl (C=O) groups excluding carboxylic acids is 5. The molecule has 0 saturated carbocycles. The Morgan fingerprint density at radius 2 is 1.58 bits per heavy atom. The van der Waals surface area contributed by atoms with Crippen molar-refractivity contribution in [2.75, 3.05) is 51.8 Å². The van der Waals surface area contributed by atoms with Crippen LogP contribution in [-0.2, 0) is 33.3 Å². The Morgan fingerprint density at radius 1 is 0.922 bits per heavy atom. The van der Waals surface area contributed by atoms with Crippen LogP contribution >= 0.6 is 0 Å². The number of Topliss-reactive ketones (excluding diaryl/α,β-unsaturated/α-hetero) is 1. The number of carbonyl (C=O) groups is 5. The SMILES string of the molecule is CCOC(=O)N1CCN(C(=O)COc2cc3c(O)c4c(O)c(C)c5c(c24)C(=O)C(C)(O/C=C/C(OC)C(C)C(OC(C)=O)C(C)C(O)C(C)C(O)C(C)/C=C/C=C(/C)C(=O)N3)O5)CC1. The third-order valence-electron chi connectivity index (χ3n) is 12.3. The van der Waals surface area contributed by atoms with Crippen molar-refractivity contribution >= 4 is 46.1 Å². The molecule has 3 amide bonds. The number of phenols is 2. The molecule has 2 aromatic rings. The van der Waals surface area contributed by atoms with Gasteiger partial charge in [-0.25, -0.2) is 4.79 Å². The van der Waals surface area contributed by atoms with Crippen molar-refractivity contribution in [2.24, 2.45) is 23.7 Å². The topological polar surface area (TPSA) is 240 Å². The highest BCUT2D eigenvalue weighted by atomic mass is 16.7. The average Bonchev–Trinajstić information content (AvgIpc) is 3.53. The molecule has 64 heavy (non-hydrogen) atoms. The molecule has 1 saturated heterocycles. The van der Waals surface area contributed by atoms with Crippen molar-refractivity contribution in [3.8, 4) is 23.0 Å². The molecular weight excluding hydrogens is 835 g/mol. The Balaban J connectivity index is 1.61. The number of hydrogen-bond donors (Lipinski definition) is 5. The number of aliphatic hydroxyl groups excluding tert-OH is 2. The Hall–Kier alpha value is -5.85. The number of hydrogen-bond acceptors (Lipinski definition) is 15. The van der Waals surface area contributed by atoms with Gasteiger partial charge in [-0.15, -0.1) is 0 Å². The van der Waals surface area contributed by atoms with Crippen LogP contribution in [0.4, 0.5) is 10.5 Å². The van der Waals surface area contributed by atoms with Crippen molar-refractivity contribution in [2.45, 2.75) is 92.5 Å². The van der Waals surface area contributed by atoms with Crippen molar-refractivity contribution in [3.05, 3.63) is 53.3 Å². The van der Waals surface area contributed by atoms with Crippen LogP contribution in [0, 0.1) is 30.6 Å². The van der Waals surface area contributed by atoms with E-state index in [2.05, 4.69) is 5.32 Å². The van der Waals surface area contributed by atoms with Gasteiger partial charge in [-0.1, -0.05) is 45.9 Å². The van der Waals surface area contributed by atoms with E-state index in [-0.39, 0.29) is 77.4 Å². The normalized spacial score (nSPS) is 29.8. The predicted molar refractivity (Wildman–Crippen MR) is 233 cm³/mol. The van der Waals surface area contributed by atoms with E-state index in [1.807, 2.05) is 0 Å². The van der Waals surface area contributed by atoms with Gasteiger partial charge in [0.2, 0.25) is 0 Å². The minimum atomic E-state index is -2.07. The summed E-state index contributed by atoms with van der Waals surface area (Å²) < 4.78 is 34.9. The van der Waals surface area contributed by atoms with Gasteiger partial charge in [-0.05, 0) is 26.8 Å². The zero-order chi connectivity index (χ0) is 47.4. The molecule has 350 valence electrons. The molecule has 5 bridgehead atoms. The summed E-state index contributed by atoms with van der Waals surface area (Å²) in [7, 11) is 1.43. The summed E-state index contributed by atoms with van der Waals surface area (Å²) in [4.78, 5) is 69.4. The first kappa shape index (κ1) is 49.2. The third-order valence-corrected chi connectivity index (χ3v) is 12.3. The molecule has 6 rings (SSSR count). The van der Waals surface area contributed by atoms with Crippen molar-refractivity contribution in [3.63, 3.8) is 0 Å². The van der Waals surface area contributed by atoms with Gasteiger partial charge in [-0.2, -0.15) is 0 Å². The molecule has 4 heterocycles. The van der Waals surface area contributed by atoms with Gasteiger partial charge >= 0.3 is 17.8 Å². The van der Waals surface area contributed by atoms with Crippen LogP contribution in [0.2, 0.25) is 0 Å². The highest BCUT2D eigenvalue weighted by Gasteiger charge is 2.50. The van der Waals surface area contributed by atoms with Crippen LogP contribution in [0.1, 0.15) is 71.3 Å². The predicted octanol–water partition coefficient (Wildman–Crippen LogP) is 4.73. The number of esters is 1. The van der Waals surface area contributed by atoms with Gasteiger partial charge in [0.1, 0.15) is 23.4 Å². The Labute approximate surface area is 372 Å². The number of methoxy groups -OCH3 is 1. The number of anilines is 1. The number of fused-ring (bicyclic) bond motifs is 14. The molecular formula is C46H61N3O15. The summed E-state index contributed by atoms with van der Waals surface area (Å²) in [6, 6.07) is 1.23. The van der Waals surface area contributed by atoms with Gasteiger partial charge in [0.05, 0.1) is 47.8 Å².